The van der Waals surface area contributed by atoms with Crippen molar-refractivity contribution in [1.82, 2.24) is 4.90 Å². The molecule has 4 unspecified atom stereocenters. The minimum Gasteiger partial charge on any atom is -0.385 e. The van der Waals surface area contributed by atoms with Gasteiger partial charge in [-0.25, -0.2) is 9.38 Å². The first kappa shape index (κ1) is 15.2. The summed E-state index contributed by atoms with van der Waals surface area (Å²) in [7, 11) is 1.43. The molecule has 0 saturated carbocycles. The van der Waals surface area contributed by atoms with Crippen LogP contribution in [0.15, 0.2) is 17.3 Å². The molecule has 2 rings (SSSR count). The number of aliphatic hydroxyl groups is 2. The van der Waals surface area contributed by atoms with Crippen molar-refractivity contribution >= 4 is 5.84 Å². The molecule has 2 aliphatic heterocycles. The van der Waals surface area contributed by atoms with Crippen LogP contribution in [0.3, 0.4) is 0 Å². The van der Waals surface area contributed by atoms with Crippen LogP contribution in [0.2, 0.25) is 0 Å². The molecule has 7 nitrogen and oxygen atoms in total. The number of halogens is 1. The predicted molar refractivity (Wildman–Crippen MR) is 69.3 cm³/mol. The summed E-state index contributed by atoms with van der Waals surface area (Å²) >= 11 is 0. The van der Waals surface area contributed by atoms with Gasteiger partial charge in [0.25, 0.3) is 0 Å². The maximum atomic E-state index is 13.3. The van der Waals surface area contributed by atoms with Crippen molar-refractivity contribution in [2.24, 2.45) is 10.7 Å². The molecule has 1 fully saturated rings. The number of hydrogen-bond acceptors (Lipinski definition) is 7. The smallest absolute Gasteiger partial charge is 0.229 e. The van der Waals surface area contributed by atoms with Crippen LogP contribution in [0, 0.1) is 0 Å². The van der Waals surface area contributed by atoms with E-state index in [0.717, 1.165) is 0 Å². The monoisotopic (exact) mass is 289 g/mol. The van der Waals surface area contributed by atoms with Gasteiger partial charge < -0.3 is 30.3 Å². The number of amidine groups is 1. The van der Waals surface area contributed by atoms with Crippen molar-refractivity contribution in [3.05, 3.63) is 12.3 Å². The maximum Gasteiger partial charge on any atom is 0.229 e. The van der Waals surface area contributed by atoms with E-state index in [4.69, 9.17) is 15.2 Å². The normalized spacial score (nSPS) is 41.0. The minimum atomic E-state index is -1.36. The van der Waals surface area contributed by atoms with Gasteiger partial charge in [-0.2, -0.15) is 0 Å². The molecule has 0 bridgehead atoms. The standard InChI is InChI=1S/C12H20FN3O4/c1-11(18)5-12(6-13,7-19-2)20-9(11)16-4-3-8(14)15-10(16)17/h3-4,9-10,17-18H,5-7H2,1-2H3,(H2,14,15). The van der Waals surface area contributed by atoms with Gasteiger partial charge in [0.15, 0.2) is 6.23 Å². The second kappa shape index (κ2) is 5.28. The molecule has 2 aliphatic rings. The lowest BCUT2D eigenvalue weighted by Gasteiger charge is -2.37. The van der Waals surface area contributed by atoms with Crippen molar-refractivity contribution in [3.8, 4) is 0 Å². The summed E-state index contributed by atoms with van der Waals surface area (Å²) in [6.07, 6.45) is 0.752. The number of nitrogens with two attached hydrogens (primary N) is 1. The zero-order valence-electron chi connectivity index (χ0n) is 11.5. The van der Waals surface area contributed by atoms with E-state index in [2.05, 4.69) is 4.99 Å². The van der Waals surface area contributed by atoms with Gasteiger partial charge in [0.2, 0.25) is 6.35 Å². The topological polar surface area (TPSA) is 101 Å². The van der Waals surface area contributed by atoms with Crippen LogP contribution >= 0.6 is 0 Å². The van der Waals surface area contributed by atoms with Gasteiger partial charge in [-0.05, 0) is 13.0 Å². The SMILES string of the molecule is COCC1(CF)CC(C)(O)C(N2C=CC(N)=NC2O)O1. The summed E-state index contributed by atoms with van der Waals surface area (Å²) in [5.41, 5.74) is 2.88. The van der Waals surface area contributed by atoms with Gasteiger partial charge in [0.1, 0.15) is 23.7 Å². The fourth-order valence-electron chi connectivity index (χ4n) is 2.67. The molecule has 0 spiro atoms. The van der Waals surface area contributed by atoms with Crippen molar-refractivity contribution in [1.29, 1.82) is 0 Å². The highest BCUT2D eigenvalue weighted by Crippen LogP contribution is 2.41. The van der Waals surface area contributed by atoms with Gasteiger partial charge in [-0.1, -0.05) is 0 Å². The Bertz CT molecular complexity index is 429. The number of aliphatic hydroxyl groups excluding tert-OH is 1. The average Bonchev–Trinajstić information content (AvgIpc) is 2.62. The number of aliphatic imine (C=N–C) groups is 1. The second-order valence-electron chi connectivity index (χ2n) is 5.42. The Balaban J connectivity index is 2.22. The molecule has 0 aromatic rings. The maximum absolute atomic E-state index is 13.3. The van der Waals surface area contributed by atoms with Gasteiger partial charge in [0, 0.05) is 19.7 Å². The highest BCUT2D eigenvalue weighted by molar-refractivity contribution is 5.91. The molecule has 0 aromatic carbocycles. The summed E-state index contributed by atoms with van der Waals surface area (Å²) in [5, 5.41) is 20.4. The van der Waals surface area contributed by atoms with Crippen molar-refractivity contribution in [2.45, 2.75) is 37.1 Å². The van der Waals surface area contributed by atoms with Crippen LogP contribution in [0.4, 0.5) is 4.39 Å². The Morgan fingerprint density at radius 1 is 1.70 bits per heavy atom. The Hall–Kier alpha value is -1.22. The first-order valence-corrected chi connectivity index (χ1v) is 6.26. The lowest BCUT2D eigenvalue weighted by molar-refractivity contribution is -0.182. The predicted octanol–water partition coefficient (Wildman–Crippen LogP) is -0.699. The van der Waals surface area contributed by atoms with E-state index in [1.807, 2.05) is 0 Å². The van der Waals surface area contributed by atoms with Crippen LogP contribution in [0.25, 0.3) is 0 Å². The van der Waals surface area contributed by atoms with Crippen molar-refractivity contribution in [3.63, 3.8) is 0 Å². The van der Waals surface area contributed by atoms with Crippen LogP contribution in [-0.2, 0) is 9.47 Å². The molecule has 8 heteroatoms. The molecule has 1 saturated heterocycles. The number of nitrogens with zero attached hydrogens (tertiary/aromatic N) is 2. The number of hydrogen-bond donors (Lipinski definition) is 3. The fourth-order valence-corrected chi connectivity index (χ4v) is 2.67. The van der Waals surface area contributed by atoms with Gasteiger partial charge in [-0.15, -0.1) is 0 Å². The van der Waals surface area contributed by atoms with Gasteiger partial charge in [0.05, 0.1) is 6.61 Å². The van der Waals surface area contributed by atoms with Crippen LogP contribution in [0.5, 0.6) is 0 Å². The third-order valence-electron chi connectivity index (χ3n) is 3.44. The quantitative estimate of drug-likeness (QED) is 0.633. The molecule has 114 valence electrons. The second-order valence-corrected chi connectivity index (χ2v) is 5.42. The number of rotatable bonds is 4. The minimum absolute atomic E-state index is 0.00913. The first-order chi connectivity index (χ1) is 9.33. The molecule has 4 N–H and O–H groups in total. The molecule has 4 atom stereocenters. The van der Waals surface area contributed by atoms with Gasteiger partial charge in [-0.3, -0.25) is 0 Å². The third-order valence-corrected chi connectivity index (χ3v) is 3.44. The number of alkyl halides is 1. The molecular formula is C12H20FN3O4. The lowest BCUT2D eigenvalue weighted by Crippen LogP contribution is -2.51. The Morgan fingerprint density at radius 2 is 2.40 bits per heavy atom. The number of methoxy groups -OCH3 is 1. The Morgan fingerprint density at radius 3 is 2.95 bits per heavy atom. The fraction of sp³-hybridized carbons (Fsp3) is 0.750. The summed E-state index contributed by atoms with van der Waals surface area (Å²) < 4.78 is 23.9. The summed E-state index contributed by atoms with van der Waals surface area (Å²) in [4.78, 5) is 5.06. The van der Waals surface area contributed by atoms with Crippen molar-refractivity contribution in [2.75, 3.05) is 20.4 Å². The van der Waals surface area contributed by atoms with Gasteiger partial charge >= 0.3 is 0 Å². The Kier molecular flexibility index (Phi) is 4.01. The Labute approximate surface area is 116 Å². The van der Waals surface area contributed by atoms with E-state index in [9.17, 15) is 14.6 Å². The van der Waals surface area contributed by atoms with E-state index in [1.54, 1.807) is 0 Å². The highest BCUT2D eigenvalue weighted by atomic mass is 19.1. The number of ether oxygens (including phenoxy) is 2. The van der Waals surface area contributed by atoms with E-state index in [0.29, 0.717) is 0 Å². The van der Waals surface area contributed by atoms with Crippen LogP contribution < -0.4 is 5.73 Å². The lowest BCUT2D eigenvalue weighted by atomic mass is 9.92. The molecule has 0 amide bonds. The van der Waals surface area contributed by atoms with Crippen LogP contribution in [0.1, 0.15) is 13.3 Å². The van der Waals surface area contributed by atoms with Crippen LogP contribution in [-0.4, -0.2) is 65.1 Å². The first-order valence-electron chi connectivity index (χ1n) is 6.26. The third kappa shape index (κ3) is 2.64. The summed E-state index contributed by atoms with van der Waals surface area (Å²) in [6.45, 7) is 0.731. The zero-order chi connectivity index (χ0) is 15.0. The zero-order valence-corrected chi connectivity index (χ0v) is 11.5. The molecular weight excluding hydrogens is 269 g/mol. The molecule has 0 radical (unpaired) electrons. The molecule has 0 aliphatic carbocycles. The van der Waals surface area contributed by atoms with E-state index < -0.39 is 30.5 Å². The molecule has 20 heavy (non-hydrogen) atoms. The average molecular weight is 289 g/mol. The summed E-state index contributed by atoms with van der Waals surface area (Å²) in [6, 6.07) is 0. The molecule has 0 aromatic heterocycles. The highest BCUT2D eigenvalue weighted by Gasteiger charge is 2.56. The van der Waals surface area contributed by atoms with E-state index in [-0.39, 0.29) is 18.9 Å². The van der Waals surface area contributed by atoms with E-state index in [1.165, 1.54) is 31.2 Å². The largest absolute Gasteiger partial charge is 0.385 e. The summed E-state index contributed by atoms with van der Waals surface area (Å²) in [5.74, 6) is 0.167. The van der Waals surface area contributed by atoms with Crippen molar-refractivity contribution < 1.29 is 24.1 Å². The van der Waals surface area contributed by atoms with E-state index >= 15 is 0 Å². The molecule has 2 heterocycles.